The molecule has 0 heterocycles. The van der Waals surface area contributed by atoms with Crippen molar-refractivity contribution < 1.29 is 18.4 Å². The number of rotatable bonds is 9. The number of aryl methyl sites for hydroxylation is 2. The van der Waals surface area contributed by atoms with Gasteiger partial charge in [0.2, 0.25) is 0 Å². The molecule has 0 spiro atoms. The molecule has 4 nitrogen and oxygen atoms in total. The zero-order valence-corrected chi connectivity index (χ0v) is 16.6. The van der Waals surface area contributed by atoms with Crippen molar-refractivity contribution in [3.8, 4) is 5.75 Å². The minimum Gasteiger partial charge on any atom is -0.426 e. The van der Waals surface area contributed by atoms with Gasteiger partial charge in [0.15, 0.2) is 5.12 Å². The SMILES string of the molecule is CCOP(OCC)Oc1cc(C)cc(C)c1C(C)(C)CC(=O)S. The highest BCUT2D eigenvalue weighted by Crippen LogP contribution is 2.46. The van der Waals surface area contributed by atoms with Gasteiger partial charge in [0.05, 0.1) is 13.2 Å². The predicted molar refractivity (Wildman–Crippen MR) is 98.4 cm³/mol. The molecule has 0 aliphatic rings. The van der Waals surface area contributed by atoms with Crippen molar-refractivity contribution in [2.24, 2.45) is 0 Å². The standard InChI is InChI=1S/C17H27O4PS/c1-7-19-22(20-8-2)21-14-10-12(3)9-13(4)16(14)17(5,6)11-15(18)23/h9-10H,7-8,11H2,1-6H3,(H,18,23). The molecule has 0 atom stereocenters. The molecule has 0 N–H and O–H groups in total. The summed E-state index contributed by atoms with van der Waals surface area (Å²) in [5.41, 5.74) is 2.79. The molecule has 0 aromatic heterocycles. The molecule has 0 unspecified atom stereocenters. The molecule has 0 amide bonds. The van der Waals surface area contributed by atoms with Gasteiger partial charge in [0, 0.05) is 17.4 Å². The average molecular weight is 358 g/mol. The van der Waals surface area contributed by atoms with Crippen molar-refractivity contribution in [2.75, 3.05) is 13.2 Å². The van der Waals surface area contributed by atoms with Crippen LogP contribution in [0.3, 0.4) is 0 Å². The Bertz CT molecular complexity index is 540. The molecule has 130 valence electrons. The summed E-state index contributed by atoms with van der Waals surface area (Å²) in [4.78, 5) is 11.5. The predicted octanol–water partition coefficient (Wildman–Crippen LogP) is 5.11. The van der Waals surface area contributed by atoms with Crippen LogP contribution in [-0.4, -0.2) is 18.3 Å². The normalized spacial score (nSPS) is 11.8. The van der Waals surface area contributed by atoms with Gasteiger partial charge in [-0.3, -0.25) is 4.79 Å². The monoisotopic (exact) mass is 358 g/mol. The lowest BCUT2D eigenvalue weighted by Gasteiger charge is -2.29. The van der Waals surface area contributed by atoms with Gasteiger partial charge in [0.1, 0.15) is 5.75 Å². The van der Waals surface area contributed by atoms with Crippen molar-refractivity contribution >= 4 is 26.3 Å². The number of hydrogen-bond acceptors (Lipinski definition) is 4. The Hall–Kier alpha value is -0.610. The minimum absolute atomic E-state index is 0.141. The average Bonchev–Trinajstić information content (AvgIpc) is 2.36. The molecule has 23 heavy (non-hydrogen) atoms. The molecule has 0 fully saturated rings. The van der Waals surface area contributed by atoms with Gasteiger partial charge in [-0.15, -0.1) is 12.6 Å². The number of thiol groups is 1. The molecule has 0 saturated carbocycles. The largest absolute Gasteiger partial charge is 0.426 e. The second-order valence-corrected chi connectivity index (χ2v) is 7.70. The molecule has 1 aromatic rings. The Labute approximate surface area is 146 Å². The van der Waals surface area contributed by atoms with E-state index in [0.717, 1.165) is 22.4 Å². The van der Waals surface area contributed by atoms with E-state index in [-0.39, 0.29) is 10.5 Å². The van der Waals surface area contributed by atoms with Crippen molar-refractivity contribution in [1.29, 1.82) is 0 Å². The van der Waals surface area contributed by atoms with Gasteiger partial charge in [-0.1, -0.05) is 19.9 Å². The molecule has 0 bridgehead atoms. The Kier molecular flexibility index (Phi) is 8.02. The first kappa shape index (κ1) is 20.4. The van der Waals surface area contributed by atoms with Crippen LogP contribution in [0.5, 0.6) is 5.75 Å². The molecular weight excluding hydrogens is 331 g/mol. The van der Waals surface area contributed by atoms with Gasteiger partial charge >= 0.3 is 8.60 Å². The van der Waals surface area contributed by atoms with Gasteiger partial charge in [-0.05, 0) is 44.9 Å². The maximum atomic E-state index is 11.5. The number of hydrogen-bond donors (Lipinski definition) is 1. The van der Waals surface area contributed by atoms with Gasteiger partial charge in [-0.2, -0.15) is 0 Å². The van der Waals surface area contributed by atoms with Crippen molar-refractivity contribution in [3.63, 3.8) is 0 Å². The third kappa shape index (κ3) is 6.07. The lowest BCUT2D eigenvalue weighted by Crippen LogP contribution is -2.22. The number of carbonyl (C=O) groups excluding carboxylic acids is 1. The van der Waals surface area contributed by atoms with Crippen LogP contribution >= 0.6 is 21.2 Å². The first-order chi connectivity index (χ1) is 10.7. The first-order valence-electron chi connectivity index (χ1n) is 7.78. The minimum atomic E-state index is -1.45. The summed E-state index contributed by atoms with van der Waals surface area (Å²) in [6, 6.07) is 4.07. The summed E-state index contributed by atoms with van der Waals surface area (Å²) >= 11 is 3.94. The van der Waals surface area contributed by atoms with Crippen molar-refractivity contribution in [1.82, 2.24) is 0 Å². The van der Waals surface area contributed by atoms with E-state index < -0.39 is 8.60 Å². The Morgan fingerprint density at radius 2 is 1.74 bits per heavy atom. The second-order valence-electron chi connectivity index (χ2n) is 6.06. The topological polar surface area (TPSA) is 44.8 Å². The Morgan fingerprint density at radius 3 is 2.22 bits per heavy atom. The highest BCUT2D eigenvalue weighted by Gasteiger charge is 2.30. The molecule has 1 aromatic carbocycles. The van der Waals surface area contributed by atoms with E-state index in [9.17, 15) is 4.79 Å². The van der Waals surface area contributed by atoms with Crippen molar-refractivity contribution in [3.05, 3.63) is 28.8 Å². The molecule has 0 aliphatic heterocycles. The second kappa shape index (κ2) is 9.03. The van der Waals surface area contributed by atoms with Gasteiger partial charge < -0.3 is 13.6 Å². The molecule has 1 rings (SSSR count). The Balaban J connectivity index is 3.26. The van der Waals surface area contributed by atoms with E-state index >= 15 is 0 Å². The molecule has 0 saturated heterocycles. The van der Waals surface area contributed by atoms with E-state index in [1.54, 1.807) is 0 Å². The summed E-state index contributed by atoms with van der Waals surface area (Å²) < 4.78 is 17.1. The lowest BCUT2D eigenvalue weighted by atomic mass is 9.78. The van der Waals surface area contributed by atoms with E-state index in [4.69, 9.17) is 13.6 Å². The van der Waals surface area contributed by atoms with E-state index in [1.165, 1.54) is 0 Å². The van der Waals surface area contributed by atoms with Crippen LogP contribution in [-0.2, 0) is 19.3 Å². The summed E-state index contributed by atoms with van der Waals surface area (Å²) in [6.07, 6.45) is 0.331. The fraction of sp³-hybridized carbons (Fsp3) is 0.588. The van der Waals surface area contributed by atoms with E-state index in [2.05, 4.69) is 18.7 Å². The summed E-state index contributed by atoms with van der Waals surface area (Å²) in [7, 11) is -1.45. The van der Waals surface area contributed by atoms with E-state index in [0.29, 0.717) is 19.6 Å². The van der Waals surface area contributed by atoms with Crippen LogP contribution in [0.4, 0.5) is 0 Å². The highest BCUT2D eigenvalue weighted by atomic mass is 32.1. The molecule has 0 radical (unpaired) electrons. The van der Waals surface area contributed by atoms with Crippen LogP contribution < -0.4 is 4.52 Å². The van der Waals surface area contributed by atoms with E-state index in [1.807, 2.05) is 47.6 Å². The smallest absolute Gasteiger partial charge is 0.397 e. The number of carbonyl (C=O) groups is 1. The van der Waals surface area contributed by atoms with Crippen LogP contribution in [0.2, 0.25) is 0 Å². The summed E-state index contributed by atoms with van der Waals surface area (Å²) in [6.45, 7) is 12.9. The maximum absolute atomic E-state index is 11.5. The molecule has 6 heteroatoms. The van der Waals surface area contributed by atoms with Crippen LogP contribution in [0.15, 0.2) is 12.1 Å². The quantitative estimate of drug-likeness (QED) is 0.492. The third-order valence-electron chi connectivity index (χ3n) is 3.36. The third-order valence-corrected chi connectivity index (χ3v) is 4.80. The maximum Gasteiger partial charge on any atom is 0.397 e. The zero-order chi connectivity index (χ0) is 17.6. The van der Waals surface area contributed by atoms with Crippen molar-refractivity contribution in [2.45, 2.75) is 53.4 Å². The number of benzene rings is 1. The molecule has 0 aliphatic carbocycles. The van der Waals surface area contributed by atoms with Crippen LogP contribution in [0.1, 0.15) is 50.8 Å². The fourth-order valence-electron chi connectivity index (χ4n) is 2.72. The molecular formula is C17H27O4PS. The zero-order valence-electron chi connectivity index (χ0n) is 14.8. The fourth-order valence-corrected chi connectivity index (χ4v) is 4.02. The van der Waals surface area contributed by atoms with Crippen LogP contribution in [0, 0.1) is 13.8 Å². The Morgan fingerprint density at radius 1 is 1.17 bits per heavy atom. The summed E-state index contributed by atoms with van der Waals surface area (Å²) in [5, 5.41) is -0.141. The van der Waals surface area contributed by atoms with Crippen LogP contribution in [0.25, 0.3) is 0 Å². The first-order valence-corrected chi connectivity index (χ1v) is 9.33. The highest BCUT2D eigenvalue weighted by molar-refractivity contribution is 7.96. The lowest BCUT2D eigenvalue weighted by molar-refractivity contribution is -0.111. The van der Waals surface area contributed by atoms with Gasteiger partial charge in [0.25, 0.3) is 0 Å². The van der Waals surface area contributed by atoms with Gasteiger partial charge in [-0.25, -0.2) is 0 Å². The summed E-state index contributed by atoms with van der Waals surface area (Å²) in [5.74, 6) is 0.718.